The summed E-state index contributed by atoms with van der Waals surface area (Å²) in [6.45, 7) is 7.33. The smallest absolute Gasteiger partial charge is 0.0754 e. The van der Waals surface area contributed by atoms with Gasteiger partial charge >= 0.3 is 0 Å². The van der Waals surface area contributed by atoms with Crippen LogP contribution in [0.2, 0.25) is 0 Å². The van der Waals surface area contributed by atoms with E-state index < -0.39 is 0 Å². The Bertz CT molecular complexity index is 335. The zero-order valence-electron chi connectivity index (χ0n) is 11.5. The molecule has 0 aromatic carbocycles. The van der Waals surface area contributed by atoms with Crippen LogP contribution in [0.15, 0.2) is 6.20 Å². The predicted octanol–water partition coefficient (Wildman–Crippen LogP) is 1.67. The van der Waals surface area contributed by atoms with Gasteiger partial charge in [0.1, 0.15) is 0 Å². The SMILES string of the molecule is CCCNC(CC(C)(C)OC)c1cnnn1C. The number of hydrogen-bond acceptors (Lipinski definition) is 4. The molecule has 1 aromatic rings. The fourth-order valence-electron chi connectivity index (χ4n) is 1.79. The summed E-state index contributed by atoms with van der Waals surface area (Å²) in [4.78, 5) is 0. The molecule has 0 saturated heterocycles. The second-order valence-electron chi connectivity index (χ2n) is 4.96. The van der Waals surface area contributed by atoms with Crippen molar-refractivity contribution < 1.29 is 4.74 Å². The van der Waals surface area contributed by atoms with E-state index in [-0.39, 0.29) is 11.6 Å². The molecular weight excluding hydrogens is 216 g/mol. The summed E-state index contributed by atoms with van der Waals surface area (Å²) in [5.41, 5.74) is 0.943. The van der Waals surface area contributed by atoms with E-state index in [0.29, 0.717) is 0 Å². The summed E-state index contributed by atoms with van der Waals surface area (Å²) in [7, 11) is 3.67. The maximum atomic E-state index is 5.50. The van der Waals surface area contributed by atoms with E-state index in [9.17, 15) is 0 Å². The Morgan fingerprint density at radius 3 is 2.71 bits per heavy atom. The number of aromatic nitrogens is 3. The molecule has 0 spiro atoms. The Morgan fingerprint density at radius 2 is 2.24 bits per heavy atom. The first-order valence-corrected chi connectivity index (χ1v) is 6.13. The first kappa shape index (κ1) is 14.1. The highest BCUT2D eigenvalue weighted by atomic mass is 16.5. The van der Waals surface area contributed by atoms with Crippen molar-refractivity contribution in [2.45, 2.75) is 45.3 Å². The fourth-order valence-corrected chi connectivity index (χ4v) is 1.79. The first-order valence-electron chi connectivity index (χ1n) is 6.13. The summed E-state index contributed by atoms with van der Waals surface area (Å²) in [5.74, 6) is 0. The molecule has 1 unspecified atom stereocenters. The van der Waals surface area contributed by atoms with Crippen molar-refractivity contribution >= 4 is 0 Å². The second kappa shape index (κ2) is 6.12. The summed E-state index contributed by atoms with van der Waals surface area (Å²) in [6, 6.07) is 0.227. The highest BCUT2D eigenvalue weighted by Gasteiger charge is 2.25. The molecule has 1 N–H and O–H groups in total. The van der Waals surface area contributed by atoms with Crippen LogP contribution in [0.4, 0.5) is 0 Å². The Morgan fingerprint density at radius 1 is 1.53 bits per heavy atom. The van der Waals surface area contributed by atoms with Crippen molar-refractivity contribution in [3.8, 4) is 0 Å². The number of rotatable bonds is 7. The maximum Gasteiger partial charge on any atom is 0.0754 e. The van der Waals surface area contributed by atoms with Gasteiger partial charge in [-0.25, -0.2) is 0 Å². The molecule has 5 heteroatoms. The quantitative estimate of drug-likeness (QED) is 0.787. The van der Waals surface area contributed by atoms with Gasteiger partial charge < -0.3 is 10.1 Å². The van der Waals surface area contributed by atoms with Gasteiger partial charge in [-0.05, 0) is 33.2 Å². The predicted molar refractivity (Wildman–Crippen MR) is 67.7 cm³/mol. The third kappa shape index (κ3) is 4.09. The van der Waals surface area contributed by atoms with Crippen LogP contribution in [0, 0.1) is 0 Å². The maximum absolute atomic E-state index is 5.50. The fraction of sp³-hybridized carbons (Fsp3) is 0.833. The van der Waals surface area contributed by atoms with Gasteiger partial charge in [-0.2, -0.15) is 0 Å². The van der Waals surface area contributed by atoms with Crippen LogP contribution >= 0.6 is 0 Å². The van der Waals surface area contributed by atoms with Crippen molar-refractivity contribution in [2.24, 2.45) is 7.05 Å². The van der Waals surface area contributed by atoms with Crippen LogP contribution in [0.5, 0.6) is 0 Å². The Balaban J connectivity index is 2.77. The molecular formula is C12H24N4O. The Hall–Kier alpha value is -0.940. The van der Waals surface area contributed by atoms with Gasteiger partial charge in [-0.15, -0.1) is 5.10 Å². The second-order valence-corrected chi connectivity index (χ2v) is 4.96. The minimum absolute atomic E-state index is 0.157. The molecule has 0 aliphatic heterocycles. The summed E-state index contributed by atoms with van der Waals surface area (Å²) in [6.07, 6.45) is 3.82. The van der Waals surface area contributed by atoms with E-state index in [4.69, 9.17) is 4.74 Å². The lowest BCUT2D eigenvalue weighted by atomic mass is 9.96. The topological polar surface area (TPSA) is 52.0 Å². The van der Waals surface area contributed by atoms with Gasteiger partial charge in [-0.3, -0.25) is 4.68 Å². The highest BCUT2D eigenvalue weighted by molar-refractivity contribution is 5.03. The molecule has 0 aliphatic carbocycles. The number of nitrogens with zero attached hydrogens (tertiary/aromatic N) is 3. The normalized spacial score (nSPS) is 13.9. The summed E-state index contributed by atoms with van der Waals surface area (Å²) < 4.78 is 7.31. The van der Waals surface area contributed by atoms with E-state index in [0.717, 1.165) is 25.1 Å². The number of ether oxygens (including phenoxy) is 1. The van der Waals surface area contributed by atoms with Crippen LogP contribution < -0.4 is 5.32 Å². The van der Waals surface area contributed by atoms with Crippen LogP contribution in [-0.2, 0) is 11.8 Å². The van der Waals surface area contributed by atoms with E-state index in [1.165, 1.54) is 0 Å². The lowest BCUT2D eigenvalue weighted by Gasteiger charge is -2.29. The van der Waals surface area contributed by atoms with Gasteiger partial charge in [0.2, 0.25) is 0 Å². The molecule has 1 rings (SSSR count). The molecule has 1 atom stereocenters. The summed E-state index contributed by atoms with van der Waals surface area (Å²) >= 11 is 0. The highest BCUT2D eigenvalue weighted by Crippen LogP contribution is 2.25. The van der Waals surface area contributed by atoms with Crippen LogP contribution in [0.3, 0.4) is 0 Å². The third-order valence-electron chi connectivity index (χ3n) is 3.00. The molecule has 0 saturated carbocycles. The summed E-state index contributed by atoms with van der Waals surface area (Å²) in [5, 5.41) is 11.4. The molecule has 0 bridgehead atoms. The van der Waals surface area contributed by atoms with Crippen molar-refractivity contribution in [3.05, 3.63) is 11.9 Å². The van der Waals surface area contributed by atoms with Crippen molar-refractivity contribution in [3.63, 3.8) is 0 Å². The van der Waals surface area contributed by atoms with E-state index in [1.807, 2.05) is 17.9 Å². The molecule has 98 valence electrons. The number of hydrogen-bond donors (Lipinski definition) is 1. The number of nitrogens with one attached hydrogen (secondary N) is 1. The van der Waals surface area contributed by atoms with Gasteiger partial charge in [0, 0.05) is 14.2 Å². The number of methoxy groups -OCH3 is 1. The Labute approximate surface area is 104 Å². The van der Waals surface area contributed by atoms with E-state index in [2.05, 4.69) is 36.4 Å². The largest absolute Gasteiger partial charge is 0.379 e. The zero-order chi connectivity index (χ0) is 12.9. The van der Waals surface area contributed by atoms with E-state index >= 15 is 0 Å². The van der Waals surface area contributed by atoms with E-state index in [1.54, 1.807) is 7.11 Å². The van der Waals surface area contributed by atoms with Crippen molar-refractivity contribution in [2.75, 3.05) is 13.7 Å². The molecule has 0 fully saturated rings. The lowest BCUT2D eigenvalue weighted by Crippen LogP contribution is -2.33. The molecule has 0 radical (unpaired) electrons. The van der Waals surface area contributed by atoms with Gasteiger partial charge in [0.15, 0.2) is 0 Å². The molecule has 0 aliphatic rings. The molecule has 1 aromatic heterocycles. The lowest BCUT2D eigenvalue weighted by molar-refractivity contribution is 0.00621. The monoisotopic (exact) mass is 240 g/mol. The van der Waals surface area contributed by atoms with Crippen molar-refractivity contribution in [1.29, 1.82) is 0 Å². The van der Waals surface area contributed by atoms with Crippen LogP contribution in [0.25, 0.3) is 0 Å². The average molecular weight is 240 g/mol. The number of aryl methyl sites for hydroxylation is 1. The standard InChI is InChI=1S/C12H24N4O/c1-6-7-13-10(8-12(2,3)17-5)11-9-14-15-16(11)4/h9-10,13H,6-8H2,1-5H3. The molecule has 1 heterocycles. The molecule has 17 heavy (non-hydrogen) atoms. The van der Waals surface area contributed by atoms with Gasteiger partial charge in [0.25, 0.3) is 0 Å². The minimum Gasteiger partial charge on any atom is -0.379 e. The molecule has 5 nitrogen and oxygen atoms in total. The van der Waals surface area contributed by atoms with Crippen molar-refractivity contribution in [1.82, 2.24) is 20.3 Å². The average Bonchev–Trinajstić information content (AvgIpc) is 2.70. The van der Waals surface area contributed by atoms with Crippen LogP contribution in [0.1, 0.15) is 45.3 Å². The molecule has 0 amide bonds. The van der Waals surface area contributed by atoms with Gasteiger partial charge in [-0.1, -0.05) is 12.1 Å². The first-order chi connectivity index (χ1) is 8.00. The van der Waals surface area contributed by atoms with Crippen LogP contribution in [-0.4, -0.2) is 34.2 Å². The van der Waals surface area contributed by atoms with Gasteiger partial charge in [0.05, 0.1) is 23.5 Å². The zero-order valence-corrected chi connectivity index (χ0v) is 11.5. The minimum atomic E-state index is -0.157. The third-order valence-corrected chi connectivity index (χ3v) is 3.00. The Kier molecular flexibility index (Phi) is 5.08.